The molecule has 1 saturated heterocycles. The van der Waals surface area contributed by atoms with Crippen molar-refractivity contribution in [3.8, 4) is 0 Å². The van der Waals surface area contributed by atoms with E-state index < -0.39 is 5.54 Å². The van der Waals surface area contributed by atoms with Crippen LogP contribution in [-0.4, -0.2) is 54.7 Å². The largest absolute Gasteiger partial charge is 0.377 e. The Labute approximate surface area is 110 Å². The molecule has 5 nitrogen and oxygen atoms in total. The van der Waals surface area contributed by atoms with Gasteiger partial charge in [-0.3, -0.25) is 9.69 Å². The van der Waals surface area contributed by atoms with Crippen LogP contribution in [0, 0.1) is 0 Å². The van der Waals surface area contributed by atoms with Crippen LogP contribution in [-0.2, 0) is 9.53 Å². The number of nitrogens with zero attached hydrogens (tertiary/aromatic N) is 1. The van der Waals surface area contributed by atoms with Crippen LogP contribution < -0.4 is 11.1 Å². The highest BCUT2D eigenvalue weighted by Gasteiger charge is 2.37. The van der Waals surface area contributed by atoms with Crippen LogP contribution >= 0.6 is 0 Å². The van der Waals surface area contributed by atoms with Crippen molar-refractivity contribution in [2.75, 3.05) is 20.2 Å². The van der Waals surface area contributed by atoms with Crippen molar-refractivity contribution >= 4 is 5.91 Å². The van der Waals surface area contributed by atoms with E-state index in [1.165, 1.54) is 0 Å². The molecule has 0 spiro atoms. The Kier molecular flexibility index (Phi) is 5.13. The summed E-state index contributed by atoms with van der Waals surface area (Å²) in [7, 11) is 2.03. The number of hydrogen-bond donors (Lipinski definition) is 2. The second-order valence-electron chi connectivity index (χ2n) is 5.84. The first kappa shape index (κ1) is 15.4. The van der Waals surface area contributed by atoms with E-state index in [4.69, 9.17) is 10.5 Å². The Morgan fingerprint density at radius 3 is 2.61 bits per heavy atom. The summed E-state index contributed by atoms with van der Waals surface area (Å²) < 4.78 is 5.56. The first-order chi connectivity index (χ1) is 8.26. The van der Waals surface area contributed by atoms with Gasteiger partial charge in [0, 0.05) is 25.2 Å². The molecule has 5 heteroatoms. The SMILES string of the molecule is CC(C)NC(C)(CN(C)C1CCOC1C)C(N)=O. The van der Waals surface area contributed by atoms with Crippen LogP contribution in [0.3, 0.4) is 0 Å². The number of nitrogens with two attached hydrogens (primary N) is 1. The van der Waals surface area contributed by atoms with E-state index in [-0.39, 0.29) is 18.1 Å². The highest BCUT2D eigenvalue weighted by atomic mass is 16.5. The molecule has 1 amide bonds. The third kappa shape index (κ3) is 3.67. The summed E-state index contributed by atoms with van der Waals surface area (Å²) in [5.41, 5.74) is 4.84. The number of hydrogen-bond acceptors (Lipinski definition) is 4. The van der Waals surface area contributed by atoms with Gasteiger partial charge in [0.25, 0.3) is 0 Å². The van der Waals surface area contributed by atoms with Crippen molar-refractivity contribution in [2.24, 2.45) is 5.73 Å². The minimum absolute atomic E-state index is 0.214. The number of ether oxygens (including phenoxy) is 1. The zero-order chi connectivity index (χ0) is 13.9. The van der Waals surface area contributed by atoms with Crippen LogP contribution in [0.25, 0.3) is 0 Å². The second kappa shape index (κ2) is 5.99. The molecule has 1 aliphatic rings. The number of likely N-dealkylation sites (N-methyl/N-ethyl adjacent to an activating group) is 1. The number of carbonyl (C=O) groups is 1. The van der Waals surface area contributed by atoms with Crippen LogP contribution in [0.4, 0.5) is 0 Å². The highest BCUT2D eigenvalue weighted by Crippen LogP contribution is 2.20. The molecule has 0 radical (unpaired) electrons. The lowest BCUT2D eigenvalue weighted by Gasteiger charge is -2.37. The minimum Gasteiger partial charge on any atom is -0.377 e. The molecule has 3 N–H and O–H groups in total. The smallest absolute Gasteiger partial charge is 0.238 e. The monoisotopic (exact) mass is 257 g/mol. The number of primary amides is 1. The summed E-state index contributed by atoms with van der Waals surface area (Å²) >= 11 is 0. The zero-order valence-electron chi connectivity index (χ0n) is 12.2. The van der Waals surface area contributed by atoms with Crippen LogP contribution in [0.2, 0.25) is 0 Å². The van der Waals surface area contributed by atoms with Crippen molar-refractivity contribution in [3.05, 3.63) is 0 Å². The van der Waals surface area contributed by atoms with E-state index in [2.05, 4.69) is 17.1 Å². The molecule has 0 aromatic rings. The van der Waals surface area contributed by atoms with Crippen molar-refractivity contribution in [3.63, 3.8) is 0 Å². The maximum absolute atomic E-state index is 11.7. The van der Waals surface area contributed by atoms with E-state index >= 15 is 0 Å². The molecule has 3 unspecified atom stereocenters. The molecule has 0 aromatic carbocycles. The molecule has 0 bridgehead atoms. The van der Waals surface area contributed by atoms with Crippen LogP contribution in [0.5, 0.6) is 0 Å². The van der Waals surface area contributed by atoms with Gasteiger partial charge in [0.1, 0.15) is 5.54 Å². The van der Waals surface area contributed by atoms with Gasteiger partial charge in [-0.15, -0.1) is 0 Å². The van der Waals surface area contributed by atoms with Crippen LogP contribution in [0.15, 0.2) is 0 Å². The van der Waals surface area contributed by atoms with Gasteiger partial charge in [-0.1, -0.05) is 0 Å². The Balaban J connectivity index is 2.68. The molecule has 1 aliphatic heterocycles. The van der Waals surface area contributed by atoms with Crippen molar-refractivity contribution < 1.29 is 9.53 Å². The summed E-state index contributed by atoms with van der Waals surface area (Å²) in [6.45, 7) is 9.36. The normalized spacial score (nSPS) is 27.7. The summed E-state index contributed by atoms with van der Waals surface area (Å²) in [4.78, 5) is 13.9. The van der Waals surface area contributed by atoms with Crippen molar-refractivity contribution in [1.29, 1.82) is 0 Å². The van der Waals surface area contributed by atoms with E-state index in [1.807, 2.05) is 27.8 Å². The van der Waals surface area contributed by atoms with Gasteiger partial charge in [0.15, 0.2) is 0 Å². The molecule has 3 atom stereocenters. The predicted octanol–water partition coefficient (Wildman–Crippen LogP) is 0.338. The zero-order valence-corrected chi connectivity index (χ0v) is 12.2. The quantitative estimate of drug-likeness (QED) is 0.720. The molecule has 18 heavy (non-hydrogen) atoms. The van der Waals surface area contributed by atoms with E-state index in [0.29, 0.717) is 12.6 Å². The average molecular weight is 257 g/mol. The highest BCUT2D eigenvalue weighted by molar-refractivity contribution is 5.84. The van der Waals surface area contributed by atoms with Crippen molar-refractivity contribution in [2.45, 2.75) is 57.8 Å². The van der Waals surface area contributed by atoms with Crippen LogP contribution in [0.1, 0.15) is 34.1 Å². The summed E-state index contributed by atoms with van der Waals surface area (Å²) in [5.74, 6) is -0.311. The lowest BCUT2D eigenvalue weighted by molar-refractivity contribution is -0.125. The Hall–Kier alpha value is -0.650. The fourth-order valence-corrected chi connectivity index (χ4v) is 2.75. The molecular formula is C13H27N3O2. The van der Waals surface area contributed by atoms with Gasteiger partial charge >= 0.3 is 0 Å². The van der Waals surface area contributed by atoms with E-state index in [0.717, 1.165) is 13.0 Å². The average Bonchev–Trinajstić information content (AvgIpc) is 2.62. The van der Waals surface area contributed by atoms with Crippen molar-refractivity contribution in [1.82, 2.24) is 10.2 Å². The Morgan fingerprint density at radius 1 is 1.61 bits per heavy atom. The number of nitrogens with one attached hydrogen (secondary N) is 1. The van der Waals surface area contributed by atoms with Gasteiger partial charge in [-0.2, -0.15) is 0 Å². The predicted molar refractivity (Wildman–Crippen MR) is 72.3 cm³/mol. The molecule has 1 heterocycles. The third-order valence-corrected chi connectivity index (χ3v) is 3.62. The lowest BCUT2D eigenvalue weighted by Crippen LogP contribution is -2.62. The summed E-state index contributed by atoms with van der Waals surface area (Å²) in [5, 5.41) is 3.27. The van der Waals surface area contributed by atoms with E-state index in [9.17, 15) is 4.79 Å². The molecule has 1 fully saturated rings. The number of carbonyl (C=O) groups excluding carboxylic acids is 1. The number of amides is 1. The van der Waals surface area contributed by atoms with E-state index in [1.54, 1.807) is 0 Å². The molecule has 0 saturated carbocycles. The fourth-order valence-electron chi connectivity index (χ4n) is 2.75. The Bertz CT molecular complexity index is 296. The molecule has 106 valence electrons. The van der Waals surface area contributed by atoms with Gasteiger partial charge in [-0.25, -0.2) is 0 Å². The topological polar surface area (TPSA) is 67.6 Å². The maximum Gasteiger partial charge on any atom is 0.238 e. The summed E-state index contributed by atoms with van der Waals surface area (Å²) in [6, 6.07) is 0.575. The van der Waals surface area contributed by atoms with Gasteiger partial charge < -0.3 is 15.8 Å². The third-order valence-electron chi connectivity index (χ3n) is 3.62. The molecule has 1 rings (SSSR count). The summed E-state index contributed by atoms with van der Waals surface area (Å²) in [6.07, 6.45) is 1.22. The van der Waals surface area contributed by atoms with Gasteiger partial charge in [0.2, 0.25) is 5.91 Å². The maximum atomic E-state index is 11.7. The standard InChI is InChI=1S/C13H27N3O2/c1-9(2)15-13(4,12(14)17)8-16(5)11-6-7-18-10(11)3/h9-11,15H,6-8H2,1-5H3,(H2,14,17). The minimum atomic E-state index is -0.703. The molecular weight excluding hydrogens is 230 g/mol. The van der Waals surface area contributed by atoms with Gasteiger partial charge in [0.05, 0.1) is 6.10 Å². The number of rotatable bonds is 6. The Morgan fingerprint density at radius 2 is 2.22 bits per heavy atom. The lowest BCUT2D eigenvalue weighted by atomic mass is 9.98. The first-order valence-corrected chi connectivity index (χ1v) is 6.65. The molecule has 0 aliphatic carbocycles. The second-order valence-corrected chi connectivity index (χ2v) is 5.84. The van der Waals surface area contributed by atoms with Gasteiger partial charge in [-0.05, 0) is 41.2 Å². The first-order valence-electron chi connectivity index (χ1n) is 6.65. The molecule has 0 aromatic heterocycles. The fraction of sp³-hybridized carbons (Fsp3) is 0.923.